The summed E-state index contributed by atoms with van der Waals surface area (Å²) in [6.07, 6.45) is -0.648. The number of hydrogen-bond donors (Lipinski definition) is 13. The second-order valence-corrected chi connectivity index (χ2v) is 21.0. The highest BCUT2D eigenvalue weighted by atomic mass is 32.1. The number of aromatic nitrogens is 6. The monoisotopic (exact) mass is 1310 g/mol. The van der Waals surface area contributed by atoms with Crippen LogP contribution in [-0.4, -0.2) is 136 Å². The average molecular weight is 1320 g/mol. The van der Waals surface area contributed by atoms with Crippen LogP contribution in [0.2, 0.25) is 0 Å². The Bertz CT molecular complexity index is 4270. The van der Waals surface area contributed by atoms with Crippen LogP contribution in [0.4, 0.5) is 0 Å². The fourth-order valence-electron chi connectivity index (χ4n) is 7.60. The third kappa shape index (κ3) is 16.5. The van der Waals surface area contributed by atoms with Gasteiger partial charge in [-0.2, -0.15) is 0 Å². The fraction of sp³-hybridized carbons (Fsp3) is 0.175. The van der Waals surface area contributed by atoms with E-state index in [1.807, 2.05) is 10.6 Å². The Morgan fingerprint density at radius 1 is 0.634 bits per heavy atom. The molecule has 10 amide bonds. The lowest BCUT2D eigenvalue weighted by Gasteiger charge is -2.21. The predicted molar refractivity (Wildman–Crippen MR) is 324 cm³/mol. The summed E-state index contributed by atoms with van der Waals surface area (Å²) in [5.41, 5.74) is -5.86. The second-order valence-electron chi connectivity index (χ2n) is 19.2. The molecule has 482 valence electrons. The SMILES string of the molecule is C=C(NC(=O)C(=C)NC(=O)C(=C)NC(=O)C(=C)NC(=O)c1ccc2c(n1)-c1coc(n1)C(=C)NC(=O)C(=C)NC(=O)c1nc(oc1C)C(=CC)NC(=O)c1csc(n1)[C@H](OC)NC(=O)c1nc(oc1C)C(=C[C@H](C)O)NC(=O)[C@H]([C@@H](C)O)NC(=O)c1csc-2n1)C(=O)O. The zero-order valence-corrected chi connectivity index (χ0v) is 51.2. The molecule has 0 fully saturated rings. The largest absolute Gasteiger partial charge is 0.477 e. The number of rotatable bonds is 12. The van der Waals surface area contributed by atoms with Gasteiger partial charge < -0.3 is 86.5 Å². The molecule has 1 aliphatic rings. The number of carboxylic acids is 1. The molecule has 13 N–H and O–H groups in total. The number of methoxy groups -OCH3 is 1. The first kappa shape index (κ1) is 68.5. The van der Waals surface area contributed by atoms with Gasteiger partial charge in [0.1, 0.15) is 79.4 Å². The van der Waals surface area contributed by atoms with Crippen molar-refractivity contribution in [2.75, 3.05) is 7.11 Å². The van der Waals surface area contributed by atoms with Gasteiger partial charge in [-0.15, -0.1) is 22.7 Å². The van der Waals surface area contributed by atoms with Crippen molar-refractivity contribution in [3.8, 4) is 22.0 Å². The number of amides is 10. The highest BCUT2D eigenvalue weighted by Gasteiger charge is 2.33. The van der Waals surface area contributed by atoms with Gasteiger partial charge in [0.05, 0.1) is 40.7 Å². The van der Waals surface area contributed by atoms with Crippen LogP contribution < -0.4 is 53.2 Å². The van der Waals surface area contributed by atoms with E-state index >= 15 is 0 Å². The first-order valence-corrected chi connectivity index (χ1v) is 28.2. The van der Waals surface area contributed by atoms with Crippen molar-refractivity contribution < 1.29 is 86.0 Å². The van der Waals surface area contributed by atoms with Crippen LogP contribution in [-0.2, 0) is 33.5 Å². The summed E-state index contributed by atoms with van der Waals surface area (Å²) >= 11 is 1.78. The van der Waals surface area contributed by atoms with Crippen molar-refractivity contribution in [3.63, 3.8) is 0 Å². The van der Waals surface area contributed by atoms with Crippen LogP contribution in [0.25, 0.3) is 39.1 Å². The van der Waals surface area contributed by atoms with Crippen LogP contribution in [0, 0.1) is 13.8 Å². The number of pyridine rings is 1. The molecule has 0 radical (unpaired) electrons. The maximum atomic E-state index is 14.0. The Morgan fingerprint density at radius 3 is 1.80 bits per heavy atom. The molecule has 1 aliphatic heterocycles. The summed E-state index contributed by atoms with van der Waals surface area (Å²) in [5, 5.41) is 55.9. The molecule has 6 aromatic rings. The number of carboxylic acid groups (broad SMARTS) is 1. The number of carbonyl (C=O) groups excluding carboxylic acids is 10. The lowest BCUT2D eigenvalue weighted by Crippen LogP contribution is -2.52. The average Bonchev–Trinajstić information content (AvgIpc) is 1.74. The maximum absolute atomic E-state index is 14.0. The smallest absolute Gasteiger partial charge is 0.351 e. The lowest BCUT2D eigenvalue weighted by atomic mass is 10.1. The van der Waals surface area contributed by atoms with Crippen molar-refractivity contribution in [2.45, 2.75) is 59.1 Å². The van der Waals surface area contributed by atoms with Gasteiger partial charge in [-0.1, -0.05) is 45.5 Å². The van der Waals surface area contributed by atoms with Gasteiger partial charge in [0.15, 0.2) is 17.6 Å². The number of ether oxygens (including phenoxy) is 1. The topological polar surface area (TPSA) is 495 Å². The molecule has 34 nitrogen and oxygen atoms in total. The van der Waals surface area contributed by atoms with Crippen LogP contribution in [0.1, 0.15) is 114 Å². The molecule has 0 aliphatic carbocycles. The standard InChI is InChI=1S/C57H54N16O18S2/c1-13-31-52-71-38(28(10)90-52)49(84)61-24(6)43(78)62-25(7)51-67-34(17-89-51)40-30(14-15-32(64-40)45(80)60-23(5)42(77)58-21(3)41(76)59-22(4)44(79)63-26(8)57(86)87)55-68-36(18-92-55)47(82)70-37(27(9)75)48(83)66-33(16-20(2)74)53-72-39(29(11)91-53)50(85)73-54(88-12)56-69-35(19-93-56)46(81)65-31/h13-20,27,37,54,74-75H,3-8H2,1-2,9-12H3,(H,58,77)(H,59,76)(H,60,80)(H,61,84)(H,62,78)(H,63,79)(H,65,81)(H,66,83)(H,70,82)(H,73,85)(H,86,87)/t20-,27+,37-,54-/m0/s1. The Kier molecular flexibility index (Phi) is 21.4. The van der Waals surface area contributed by atoms with Crippen LogP contribution in [0.15, 0.2) is 123 Å². The van der Waals surface area contributed by atoms with Crippen LogP contribution in [0.3, 0.4) is 0 Å². The van der Waals surface area contributed by atoms with Crippen molar-refractivity contribution >= 4 is 105 Å². The summed E-state index contributed by atoms with van der Waals surface area (Å²) < 4.78 is 22.7. The molecule has 0 unspecified atom stereocenters. The maximum Gasteiger partial charge on any atom is 0.351 e. The zero-order valence-electron chi connectivity index (χ0n) is 49.6. The number of aryl methyl sites for hydroxylation is 2. The number of aliphatic hydroxyl groups excluding tert-OH is 2. The Morgan fingerprint density at radius 2 is 1.20 bits per heavy atom. The highest BCUT2D eigenvalue weighted by Crippen LogP contribution is 2.34. The van der Waals surface area contributed by atoms with Crippen molar-refractivity contribution in [3.05, 3.63) is 172 Å². The number of carbonyl (C=O) groups is 11. The van der Waals surface area contributed by atoms with E-state index in [9.17, 15) is 63.0 Å². The Hall–Kier alpha value is -12.0. The van der Waals surface area contributed by atoms with Crippen molar-refractivity contribution in [2.24, 2.45) is 0 Å². The van der Waals surface area contributed by atoms with E-state index in [4.69, 9.17) is 23.1 Å². The number of aliphatic carboxylic acids is 1. The number of hydrogen-bond acceptors (Lipinski definition) is 25. The third-order valence-corrected chi connectivity index (χ3v) is 14.0. The number of nitrogens with zero attached hydrogens (tertiary/aromatic N) is 6. The van der Waals surface area contributed by atoms with Crippen molar-refractivity contribution in [1.29, 1.82) is 0 Å². The first-order chi connectivity index (χ1) is 43.9. The van der Waals surface area contributed by atoms with E-state index < -0.39 is 130 Å². The quantitative estimate of drug-likeness (QED) is 0.0769. The van der Waals surface area contributed by atoms with Gasteiger partial charge in [-0.05, 0) is 52.8 Å². The fourth-order valence-corrected chi connectivity index (χ4v) is 9.24. The Labute approximate surface area is 531 Å². The minimum atomic E-state index is -1.76. The van der Waals surface area contributed by atoms with E-state index in [1.165, 1.54) is 64.6 Å². The summed E-state index contributed by atoms with van der Waals surface area (Å²) in [7, 11) is 1.25. The first-order valence-electron chi connectivity index (χ1n) is 26.5. The molecular weight excluding hydrogens is 1260 g/mol. The molecule has 0 saturated heterocycles. The lowest BCUT2D eigenvalue weighted by molar-refractivity contribution is -0.134. The van der Waals surface area contributed by atoms with E-state index in [2.05, 4.69) is 112 Å². The molecule has 36 heteroatoms. The molecule has 0 saturated carbocycles. The van der Waals surface area contributed by atoms with E-state index in [1.54, 1.807) is 0 Å². The van der Waals surface area contributed by atoms with E-state index in [-0.39, 0.29) is 90.1 Å². The van der Waals surface area contributed by atoms with Crippen LogP contribution in [0.5, 0.6) is 0 Å². The van der Waals surface area contributed by atoms with Gasteiger partial charge in [-0.25, -0.2) is 34.7 Å². The molecule has 0 spiro atoms. The molecule has 0 aromatic carbocycles. The number of fused-ring (bicyclic) bond motifs is 13. The number of oxazole rings is 3. The van der Waals surface area contributed by atoms with E-state index in [0.29, 0.717) is 0 Å². The summed E-state index contributed by atoms with van der Waals surface area (Å²) in [6.45, 7) is 27.6. The number of allylic oxidation sites excluding steroid dienone is 1. The van der Waals surface area contributed by atoms with Crippen molar-refractivity contribution in [1.82, 2.24) is 83.1 Å². The number of nitrogens with one attached hydrogen (secondary N) is 10. The highest BCUT2D eigenvalue weighted by molar-refractivity contribution is 7.13. The predicted octanol–water partition coefficient (Wildman–Crippen LogP) is 1.35. The normalized spacial score (nSPS) is 16.6. The molecule has 7 rings (SSSR count). The summed E-state index contributed by atoms with van der Waals surface area (Å²) in [6, 6.07) is 0.701. The van der Waals surface area contributed by atoms with Gasteiger partial charge in [0, 0.05) is 23.4 Å². The molecule has 93 heavy (non-hydrogen) atoms. The minimum absolute atomic E-state index is 0.00676. The zero-order chi connectivity index (χ0) is 68.4. The third-order valence-electron chi connectivity index (χ3n) is 12.3. The van der Waals surface area contributed by atoms with Gasteiger partial charge in [-0.3, -0.25) is 47.9 Å². The van der Waals surface area contributed by atoms with Gasteiger partial charge in [0.25, 0.3) is 53.2 Å². The number of thiazole rings is 2. The van der Waals surface area contributed by atoms with E-state index in [0.717, 1.165) is 41.1 Å². The second kappa shape index (κ2) is 29.1. The van der Waals surface area contributed by atoms with Gasteiger partial charge >= 0.3 is 5.97 Å². The number of aliphatic hydroxyl groups is 2. The van der Waals surface area contributed by atoms with Crippen LogP contribution >= 0.6 is 22.7 Å². The van der Waals surface area contributed by atoms with Gasteiger partial charge in [0.2, 0.25) is 23.6 Å². The summed E-state index contributed by atoms with van der Waals surface area (Å²) in [4.78, 5) is 171. The molecular formula is C57H54N16O18S2. The summed E-state index contributed by atoms with van der Waals surface area (Å²) in [5.74, 6) is -13.1. The molecule has 6 aromatic heterocycles. The Balaban J connectivity index is 1.21. The molecule has 10 bridgehead atoms. The minimum Gasteiger partial charge on any atom is -0.477 e. The molecule has 4 atom stereocenters. The molecule has 7 heterocycles.